The topological polar surface area (TPSA) is 73.9 Å². The fraction of sp³-hybridized carbons (Fsp3) is 0.333. The number of nitrogens with zero attached hydrogens (tertiary/aromatic N) is 2. The third-order valence-corrected chi connectivity index (χ3v) is 5.96. The molecule has 1 aliphatic rings. The summed E-state index contributed by atoms with van der Waals surface area (Å²) in [5.74, 6) is -0.302. The Labute approximate surface area is 147 Å². The van der Waals surface area contributed by atoms with Crippen LogP contribution in [0, 0.1) is 5.82 Å². The number of aryl methyl sites for hydroxylation is 1. The van der Waals surface area contributed by atoms with Gasteiger partial charge in [0.15, 0.2) is 16.8 Å². The molecule has 0 aliphatic heterocycles. The van der Waals surface area contributed by atoms with E-state index in [-0.39, 0.29) is 11.0 Å². The molecule has 3 aromatic rings. The minimum absolute atomic E-state index is 0.156. The van der Waals surface area contributed by atoms with Gasteiger partial charge in [-0.05, 0) is 31.4 Å². The lowest BCUT2D eigenvalue weighted by molar-refractivity contribution is 0.322. The Kier molecular flexibility index (Phi) is 4.35. The molecule has 1 aromatic carbocycles. The van der Waals surface area contributed by atoms with Crippen molar-refractivity contribution in [2.75, 3.05) is 6.61 Å². The molecule has 7 heteroatoms. The van der Waals surface area contributed by atoms with Gasteiger partial charge in [0, 0.05) is 35.9 Å². The molecular weight excluding hydrogens is 341 g/mol. The van der Waals surface area contributed by atoms with Crippen molar-refractivity contribution in [3.63, 3.8) is 0 Å². The first kappa shape index (κ1) is 16.4. The van der Waals surface area contributed by atoms with Crippen LogP contribution in [0.25, 0.3) is 11.0 Å². The average Bonchev–Trinajstić information content (AvgIpc) is 3.04. The van der Waals surface area contributed by atoms with Crippen LogP contribution >= 0.6 is 0 Å². The first-order valence-electron chi connectivity index (χ1n) is 8.33. The van der Waals surface area contributed by atoms with Gasteiger partial charge in [-0.25, -0.2) is 4.39 Å². The summed E-state index contributed by atoms with van der Waals surface area (Å²) >= 11 is -1.37. The van der Waals surface area contributed by atoms with Gasteiger partial charge in [0.2, 0.25) is 0 Å². The van der Waals surface area contributed by atoms with Gasteiger partial charge in [-0.3, -0.25) is 9.97 Å². The van der Waals surface area contributed by atoms with Gasteiger partial charge in [0.25, 0.3) is 0 Å². The van der Waals surface area contributed by atoms with E-state index in [9.17, 15) is 8.94 Å². The summed E-state index contributed by atoms with van der Waals surface area (Å²) in [7, 11) is 0. The highest BCUT2D eigenvalue weighted by molar-refractivity contribution is 7.91. The minimum atomic E-state index is -1.37. The number of H-pyrrole nitrogens is 1. The van der Waals surface area contributed by atoms with Gasteiger partial charge in [-0.1, -0.05) is 6.07 Å². The number of fused-ring (bicyclic) bond motifs is 2. The maximum absolute atomic E-state index is 14.0. The molecule has 130 valence electrons. The molecule has 0 radical (unpaired) electrons. The van der Waals surface area contributed by atoms with Crippen molar-refractivity contribution in [2.24, 2.45) is 0 Å². The first-order chi connectivity index (χ1) is 12.2. The molecule has 0 saturated heterocycles. The summed E-state index contributed by atoms with van der Waals surface area (Å²) in [5, 5.41) is 0.160. The number of aromatic amines is 1. The fourth-order valence-corrected chi connectivity index (χ4v) is 4.72. The Bertz CT molecular complexity index is 914. The highest BCUT2D eigenvalue weighted by Crippen LogP contribution is 2.37. The van der Waals surface area contributed by atoms with Crippen molar-refractivity contribution in [2.45, 2.75) is 36.6 Å². The molecule has 0 spiro atoms. The molecule has 2 heterocycles. The molecule has 5 nitrogen and oxygen atoms in total. The van der Waals surface area contributed by atoms with Gasteiger partial charge in [-0.2, -0.15) is 4.98 Å². The fourth-order valence-electron chi connectivity index (χ4n) is 3.26. The lowest BCUT2D eigenvalue weighted by atomic mass is 9.96. The summed E-state index contributed by atoms with van der Waals surface area (Å²) in [6.07, 6.45) is 4.46. The van der Waals surface area contributed by atoms with E-state index in [1.165, 1.54) is 6.07 Å². The van der Waals surface area contributed by atoms with Crippen LogP contribution in [0.3, 0.4) is 0 Å². The van der Waals surface area contributed by atoms with Crippen molar-refractivity contribution in [3.8, 4) is 5.75 Å². The maximum Gasteiger partial charge on any atom is 0.322 e. The maximum atomic E-state index is 14.0. The standard InChI is InChI=1S/C18H18FN3O2S/c1-2-24-15-10-14-13(9-12(15)19)21-18(22-14)25(23)16-7-3-5-11-6-4-8-20-17(11)16/h4,6,8-10,16H,2-3,5,7H2,1H3,(H,21,22). The molecule has 1 aliphatic carbocycles. The van der Waals surface area contributed by atoms with Crippen LogP contribution in [0.5, 0.6) is 5.75 Å². The predicted octanol–water partition coefficient (Wildman–Crippen LogP) is 3.68. The molecule has 0 bridgehead atoms. The van der Waals surface area contributed by atoms with Crippen LogP contribution in [0.2, 0.25) is 0 Å². The van der Waals surface area contributed by atoms with E-state index in [4.69, 9.17) is 4.74 Å². The summed E-state index contributed by atoms with van der Waals surface area (Å²) < 4.78 is 32.4. The number of benzene rings is 1. The predicted molar refractivity (Wildman–Crippen MR) is 93.5 cm³/mol. The second-order valence-corrected chi connectivity index (χ2v) is 7.55. The number of halogens is 1. The van der Waals surface area contributed by atoms with Crippen LogP contribution in [0.1, 0.15) is 36.3 Å². The third-order valence-electron chi connectivity index (χ3n) is 4.41. The van der Waals surface area contributed by atoms with E-state index in [1.807, 2.05) is 12.1 Å². The number of rotatable bonds is 4. The highest BCUT2D eigenvalue weighted by Gasteiger charge is 2.34. The summed E-state index contributed by atoms with van der Waals surface area (Å²) in [4.78, 5) is 11.9. The molecule has 1 N–H and O–H groups in total. The molecular formula is C18H18FN3O2S. The van der Waals surface area contributed by atoms with Crippen molar-refractivity contribution >= 4 is 22.2 Å². The minimum Gasteiger partial charge on any atom is -0.608 e. The van der Waals surface area contributed by atoms with Gasteiger partial charge in [0.1, 0.15) is 0 Å². The Morgan fingerprint density at radius 3 is 3.16 bits per heavy atom. The number of aromatic nitrogens is 3. The lowest BCUT2D eigenvalue weighted by Gasteiger charge is -2.24. The molecule has 25 heavy (non-hydrogen) atoms. The summed E-state index contributed by atoms with van der Waals surface area (Å²) in [5.41, 5.74) is 3.09. The molecule has 4 rings (SSSR count). The van der Waals surface area contributed by atoms with Crippen LogP contribution in [-0.4, -0.2) is 26.1 Å². The van der Waals surface area contributed by atoms with Crippen molar-refractivity contribution in [1.29, 1.82) is 0 Å². The smallest absolute Gasteiger partial charge is 0.322 e. The summed E-state index contributed by atoms with van der Waals surface area (Å²) in [6.45, 7) is 2.17. The van der Waals surface area contributed by atoms with Crippen molar-refractivity contribution in [1.82, 2.24) is 15.0 Å². The van der Waals surface area contributed by atoms with Gasteiger partial charge in [0.05, 0.1) is 23.3 Å². The summed E-state index contributed by atoms with van der Waals surface area (Å²) in [6, 6.07) is 6.82. The highest BCUT2D eigenvalue weighted by atomic mass is 32.2. The number of pyridine rings is 1. The zero-order chi connectivity index (χ0) is 17.4. The third kappa shape index (κ3) is 2.98. The normalized spacial score (nSPS) is 18.1. The Morgan fingerprint density at radius 2 is 2.32 bits per heavy atom. The largest absolute Gasteiger partial charge is 0.608 e. The van der Waals surface area contributed by atoms with Crippen LogP contribution < -0.4 is 4.74 Å². The Balaban J connectivity index is 1.70. The first-order valence-corrected chi connectivity index (χ1v) is 9.55. The van der Waals surface area contributed by atoms with Crippen molar-refractivity contribution < 1.29 is 13.7 Å². The van der Waals surface area contributed by atoms with E-state index in [1.54, 1.807) is 19.2 Å². The van der Waals surface area contributed by atoms with E-state index in [0.29, 0.717) is 22.8 Å². The monoisotopic (exact) mass is 359 g/mol. The SMILES string of the molecule is CCOc1cc2nc([S+]([O-])C3CCCc4cccnc43)[nH]c2cc1F. The van der Waals surface area contributed by atoms with Crippen molar-refractivity contribution in [3.05, 3.63) is 47.5 Å². The van der Waals surface area contributed by atoms with Gasteiger partial charge >= 0.3 is 5.16 Å². The molecule has 2 unspecified atom stereocenters. The number of nitrogens with one attached hydrogen (secondary N) is 1. The number of hydrogen-bond donors (Lipinski definition) is 1. The Morgan fingerprint density at radius 1 is 1.44 bits per heavy atom. The molecule has 2 atom stereocenters. The lowest BCUT2D eigenvalue weighted by Crippen LogP contribution is -2.21. The zero-order valence-corrected chi connectivity index (χ0v) is 14.6. The van der Waals surface area contributed by atoms with Crippen LogP contribution in [0.15, 0.2) is 35.6 Å². The second kappa shape index (κ2) is 6.65. The number of imidazole rings is 1. The van der Waals surface area contributed by atoms with Gasteiger partial charge in [-0.15, -0.1) is 0 Å². The van der Waals surface area contributed by atoms with Crippen LogP contribution in [0.4, 0.5) is 4.39 Å². The number of ether oxygens (including phenoxy) is 1. The molecule has 0 amide bonds. The molecule has 2 aromatic heterocycles. The van der Waals surface area contributed by atoms with E-state index < -0.39 is 17.0 Å². The molecule has 0 fully saturated rings. The van der Waals surface area contributed by atoms with E-state index in [2.05, 4.69) is 15.0 Å². The van der Waals surface area contributed by atoms with Gasteiger partial charge < -0.3 is 9.29 Å². The second-order valence-electron chi connectivity index (χ2n) is 6.00. The number of hydrogen-bond acceptors (Lipinski definition) is 4. The van der Waals surface area contributed by atoms with E-state index >= 15 is 0 Å². The zero-order valence-electron chi connectivity index (χ0n) is 13.8. The quantitative estimate of drug-likeness (QED) is 0.721. The Hall–Kier alpha value is -2.12. The van der Waals surface area contributed by atoms with Crippen LogP contribution in [-0.2, 0) is 17.6 Å². The van der Waals surface area contributed by atoms with E-state index in [0.717, 1.165) is 30.5 Å². The average molecular weight is 359 g/mol. The molecule has 0 saturated carbocycles.